The molecule has 1 atom stereocenters. The lowest BCUT2D eigenvalue weighted by molar-refractivity contribution is -0.147. The minimum Gasteiger partial charge on any atom is -0.454 e. The van der Waals surface area contributed by atoms with E-state index in [1.165, 1.54) is 18.2 Å². The summed E-state index contributed by atoms with van der Waals surface area (Å²) in [5.74, 6) is -1.38. The molecule has 0 saturated carbocycles. The van der Waals surface area contributed by atoms with Gasteiger partial charge in [0.15, 0.2) is 6.61 Å². The third-order valence-corrected chi connectivity index (χ3v) is 3.87. The maximum absolute atomic E-state index is 11.9. The highest BCUT2D eigenvalue weighted by molar-refractivity contribution is 6.36. The Bertz CT molecular complexity index is 620. The fraction of sp³-hybridized carbons (Fsp3) is 0.438. The largest absolute Gasteiger partial charge is 0.454 e. The van der Waals surface area contributed by atoms with Crippen LogP contribution >= 0.6 is 23.2 Å². The van der Waals surface area contributed by atoms with E-state index < -0.39 is 24.4 Å². The van der Waals surface area contributed by atoms with Crippen LogP contribution in [0, 0.1) is 5.92 Å². The number of nitrogens with one attached hydrogen (secondary N) is 2. The van der Waals surface area contributed by atoms with E-state index >= 15 is 0 Å². The number of carbonyl (C=O) groups is 3. The molecule has 0 spiro atoms. The van der Waals surface area contributed by atoms with Crippen LogP contribution in [-0.2, 0) is 14.3 Å². The first-order chi connectivity index (χ1) is 11.2. The Morgan fingerprint density at radius 1 is 1.17 bits per heavy atom. The molecule has 0 bridgehead atoms. The molecule has 0 aliphatic carbocycles. The predicted molar refractivity (Wildman–Crippen MR) is 92.2 cm³/mol. The number of halogens is 2. The lowest BCUT2D eigenvalue weighted by Gasteiger charge is -2.17. The zero-order valence-electron chi connectivity index (χ0n) is 13.7. The number of carbonyl (C=O) groups excluding carboxylic acids is 3. The summed E-state index contributed by atoms with van der Waals surface area (Å²) in [6.45, 7) is 5.03. The smallest absolute Gasteiger partial charge is 0.325 e. The van der Waals surface area contributed by atoms with E-state index in [0.29, 0.717) is 5.02 Å². The van der Waals surface area contributed by atoms with Crippen molar-refractivity contribution in [1.29, 1.82) is 0 Å². The van der Waals surface area contributed by atoms with Crippen LogP contribution in [0.25, 0.3) is 0 Å². The van der Waals surface area contributed by atoms with E-state index in [2.05, 4.69) is 10.6 Å². The molecule has 0 saturated heterocycles. The molecule has 24 heavy (non-hydrogen) atoms. The summed E-state index contributed by atoms with van der Waals surface area (Å²) in [6.07, 6.45) is 0. The third kappa shape index (κ3) is 6.76. The maximum Gasteiger partial charge on any atom is 0.325 e. The zero-order valence-corrected chi connectivity index (χ0v) is 15.2. The van der Waals surface area contributed by atoms with Gasteiger partial charge in [-0.3, -0.25) is 14.4 Å². The molecule has 1 aromatic carbocycles. The Hall–Kier alpha value is -1.79. The molecule has 0 aromatic heterocycles. The molecule has 6 nitrogen and oxygen atoms in total. The normalized spacial score (nSPS) is 11.8. The van der Waals surface area contributed by atoms with E-state index in [1.807, 2.05) is 20.8 Å². The first kappa shape index (κ1) is 20.3. The van der Waals surface area contributed by atoms with E-state index in [0.717, 1.165) is 0 Å². The van der Waals surface area contributed by atoms with Crippen molar-refractivity contribution < 1.29 is 19.1 Å². The van der Waals surface area contributed by atoms with E-state index in [9.17, 15) is 14.4 Å². The number of amides is 2. The first-order valence-electron chi connectivity index (χ1n) is 7.39. The summed E-state index contributed by atoms with van der Waals surface area (Å²) in [4.78, 5) is 35.1. The molecule has 0 aliphatic heterocycles. The Labute approximate surface area is 150 Å². The number of rotatable bonds is 7. The van der Waals surface area contributed by atoms with Crippen molar-refractivity contribution in [2.45, 2.75) is 26.8 Å². The molecule has 0 aliphatic rings. The van der Waals surface area contributed by atoms with Crippen molar-refractivity contribution >= 4 is 41.0 Å². The highest BCUT2D eigenvalue weighted by Gasteiger charge is 2.15. The van der Waals surface area contributed by atoms with E-state index in [1.54, 1.807) is 0 Å². The molecular formula is C16H20Cl2N2O4. The highest BCUT2D eigenvalue weighted by Crippen LogP contribution is 2.20. The van der Waals surface area contributed by atoms with Crippen LogP contribution in [0.5, 0.6) is 0 Å². The van der Waals surface area contributed by atoms with Crippen LogP contribution < -0.4 is 10.6 Å². The summed E-state index contributed by atoms with van der Waals surface area (Å²) >= 11 is 11.6. The van der Waals surface area contributed by atoms with Crippen LogP contribution in [0.3, 0.4) is 0 Å². The lowest BCUT2D eigenvalue weighted by atomic mass is 10.1. The van der Waals surface area contributed by atoms with Gasteiger partial charge in [0.25, 0.3) is 11.8 Å². The van der Waals surface area contributed by atoms with Crippen LogP contribution in [0.2, 0.25) is 10.0 Å². The minimum atomic E-state index is -0.721. The number of hydrogen-bond donors (Lipinski definition) is 2. The number of ether oxygens (including phenoxy) is 1. The number of esters is 1. The molecule has 1 rings (SSSR count). The summed E-state index contributed by atoms with van der Waals surface area (Å²) in [6, 6.07) is 4.37. The maximum atomic E-state index is 11.9. The van der Waals surface area contributed by atoms with Crippen LogP contribution in [0.1, 0.15) is 31.1 Å². The molecule has 0 fully saturated rings. The second-order valence-corrected chi connectivity index (χ2v) is 6.41. The summed E-state index contributed by atoms with van der Waals surface area (Å²) in [7, 11) is 0. The highest BCUT2D eigenvalue weighted by atomic mass is 35.5. The molecule has 2 N–H and O–H groups in total. The average Bonchev–Trinajstić information content (AvgIpc) is 2.50. The zero-order chi connectivity index (χ0) is 18.3. The second-order valence-electron chi connectivity index (χ2n) is 5.57. The van der Waals surface area contributed by atoms with E-state index in [4.69, 9.17) is 27.9 Å². The molecule has 132 valence electrons. The quantitative estimate of drug-likeness (QED) is 0.717. The Morgan fingerprint density at radius 2 is 1.83 bits per heavy atom. The van der Waals surface area contributed by atoms with Crippen molar-refractivity contribution in [2.75, 3.05) is 13.2 Å². The molecule has 8 heteroatoms. The Kier molecular flexibility index (Phi) is 8.01. The monoisotopic (exact) mass is 374 g/mol. The van der Waals surface area contributed by atoms with Crippen molar-refractivity contribution in [3.8, 4) is 0 Å². The molecule has 1 aromatic rings. The van der Waals surface area contributed by atoms with Gasteiger partial charge in [0.2, 0.25) is 0 Å². The van der Waals surface area contributed by atoms with Crippen molar-refractivity contribution in [3.05, 3.63) is 33.8 Å². The fourth-order valence-corrected chi connectivity index (χ4v) is 2.07. The minimum absolute atomic E-state index is 0.0250. The molecule has 0 radical (unpaired) electrons. The fourth-order valence-electron chi connectivity index (χ4n) is 1.58. The summed E-state index contributed by atoms with van der Waals surface area (Å²) in [5, 5.41) is 5.65. The van der Waals surface area contributed by atoms with E-state index in [-0.39, 0.29) is 29.1 Å². The van der Waals surface area contributed by atoms with Gasteiger partial charge in [-0.25, -0.2) is 0 Å². The van der Waals surface area contributed by atoms with Gasteiger partial charge in [-0.2, -0.15) is 0 Å². The number of hydrogen-bond acceptors (Lipinski definition) is 4. The third-order valence-electron chi connectivity index (χ3n) is 3.32. The van der Waals surface area contributed by atoms with Gasteiger partial charge in [-0.1, -0.05) is 37.0 Å². The average molecular weight is 375 g/mol. The molecule has 0 unspecified atom stereocenters. The van der Waals surface area contributed by atoms with Crippen molar-refractivity contribution in [2.24, 2.45) is 5.92 Å². The topological polar surface area (TPSA) is 84.5 Å². The Morgan fingerprint density at radius 3 is 2.42 bits per heavy atom. The number of benzene rings is 1. The molecular weight excluding hydrogens is 355 g/mol. The second kappa shape index (κ2) is 9.49. The summed E-state index contributed by atoms with van der Waals surface area (Å²) in [5.41, 5.74) is 0.192. The van der Waals surface area contributed by atoms with Gasteiger partial charge in [0.1, 0.15) is 6.54 Å². The SMILES string of the molecule is CC(C)[C@H](C)NC(=O)COC(=O)CNC(=O)c1ccc(Cl)cc1Cl. The first-order valence-corrected chi connectivity index (χ1v) is 8.14. The van der Waals surface area contributed by atoms with Crippen LogP contribution in [0.4, 0.5) is 0 Å². The van der Waals surface area contributed by atoms with Gasteiger partial charge >= 0.3 is 5.97 Å². The Balaban J connectivity index is 2.38. The van der Waals surface area contributed by atoms with Crippen LogP contribution in [-0.4, -0.2) is 37.0 Å². The summed E-state index contributed by atoms with van der Waals surface area (Å²) < 4.78 is 4.80. The van der Waals surface area contributed by atoms with Crippen molar-refractivity contribution in [3.63, 3.8) is 0 Å². The standard InChI is InChI=1S/C16H20Cl2N2O4/c1-9(2)10(3)20-14(21)8-24-15(22)7-19-16(23)12-5-4-11(17)6-13(12)18/h4-6,9-10H,7-8H2,1-3H3,(H,19,23)(H,20,21)/t10-/m0/s1. The molecule has 2 amide bonds. The van der Waals surface area contributed by atoms with Crippen molar-refractivity contribution in [1.82, 2.24) is 10.6 Å². The van der Waals surface area contributed by atoms with Gasteiger partial charge in [-0.15, -0.1) is 0 Å². The van der Waals surface area contributed by atoms with Crippen LogP contribution in [0.15, 0.2) is 18.2 Å². The predicted octanol–water partition coefficient (Wildman–Crippen LogP) is 2.43. The lowest BCUT2D eigenvalue weighted by Crippen LogP contribution is -2.39. The van der Waals surface area contributed by atoms with Gasteiger partial charge in [0, 0.05) is 11.1 Å². The van der Waals surface area contributed by atoms with Gasteiger partial charge in [-0.05, 0) is 31.0 Å². The molecule has 0 heterocycles. The van der Waals surface area contributed by atoms with Gasteiger partial charge < -0.3 is 15.4 Å². The van der Waals surface area contributed by atoms with Gasteiger partial charge in [0.05, 0.1) is 10.6 Å².